The Labute approximate surface area is 73.3 Å². The highest BCUT2D eigenvalue weighted by Gasteiger charge is 1.95. The first-order valence-corrected chi connectivity index (χ1v) is 4.18. The number of halogens is 1. The Morgan fingerprint density at radius 1 is 1.80 bits per heavy atom. The van der Waals surface area contributed by atoms with E-state index in [9.17, 15) is 0 Å². The van der Waals surface area contributed by atoms with Gasteiger partial charge < -0.3 is 9.72 Å². The maximum absolute atomic E-state index is 5.14. The van der Waals surface area contributed by atoms with E-state index in [0.29, 0.717) is 6.61 Å². The average Bonchev–Trinajstić information content (AvgIpc) is 2.31. The Bertz CT molecular complexity index is 199. The summed E-state index contributed by atoms with van der Waals surface area (Å²) in [5.74, 6) is 0.895. The Morgan fingerprint density at radius 2 is 2.60 bits per heavy atom. The van der Waals surface area contributed by atoms with Crippen LogP contribution in [0.5, 0.6) is 0 Å². The lowest BCUT2D eigenvalue weighted by atomic mass is 10.7. The predicted octanol–water partition coefficient (Wildman–Crippen LogP) is 1.55. The summed E-state index contributed by atoms with van der Waals surface area (Å²) < 4.78 is 6.18. The average molecular weight is 252 g/mol. The van der Waals surface area contributed by atoms with Crippen molar-refractivity contribution in [1.29, 1.82) is 0 Å². The van der Waals surface area contributed by atoms with Crippen molar-refractivity contribution in [3.8, 4) is 0 Å². The minimum absolute atomic E-state index is 0.583. The van der Waals surface area contributed by atoms with Gasteiger partial charge in [-0.3, -0.25) is 0 Å². The summed E-state index contributed by atoms with van der Waals surface area (Å²) in [6, 6.07) is 0. The standard InChI is InChI=1S/C6H9IN2O/c1-2-10-4-6-8-3-5(7)9-6/h3H,2,4H2,1H3,(H,8,9). The normalized spacial score (nSPS) is 10.2. The number of aromatic amines is 1. The second kappa shape index (κ2) is 3.92. The first-order chi connectivity index (χ1) is 4.83. The molecule has 0 atom stereocenters. The van der Waals surface area contributed by atoms with E-state index >= 15 is 0 Å². The van der Waals surface area contributed by atoms with Gasteiger partial charge in [0.15, 0.2) is 0 Å². The van der Waals surface area contributed by atoms with Gasteiger partial charge in [0.2, 0.25) is 0 Å². The van der Waals surface area contributed by atoms with E-state index in [2.05, 4.69) is 32.6 Å². The molecule has 0 saturated heterocycles. The number of imidazole rings is 1. The molecule has 1 aromatic heterocycles. The van der Waals surface area contributed by atoms with Gasteiger partial charge in [0, 0.05) is 6.61 Å². The van der Waals surface area contributed by atoms with E-state index in [0.717, 1.165) is 16.1 Å². The van der Waals surface area contributed by atoms with E-state index in [1.807, 2.05) is 6.92 Å². The topological polar surface area (TPSA) is 37.9 Å². The van der Waals surface area contributed by atoms with Gasteiger partial charge in [0.25, 0.3) is 0 Å². The third-order valence-electron chi connectivity index (χ3n) is 1.04. The van der Waals surface area contributed by atoms with Crippen molar-refractivity contribution < 1.29 is 4.74 Å². The number of ether oxygens (including phenoxy) is 1. The van der Waals surface area contributed by atoms with Crippen molar-refractivity contribution in [2.75, 3.05) is 6.61 Å². The van der Waals surface area contributed by atoms with Crippen LogP contribution in [0.15, 0.2) is 6.20 Å². The van der Waals surface area contributed by atoms with E-state index in [-0.39, 0.29) is 0 Å². The van der Waals surface area contributed by atoms with Crippen molar-refractivity contribution in [1.82, 2.24) is 9.97 Å². The van der Waals surface area contributed by atoms with Crippen LogP contribution in [0.4, 0.5) is 0 Å². The van der Waals surface area contributed by atoms with Crippen molar-refractivity contribution in [2.24, 2.45) is 0 Å². The Balaban J connectivity index is 2.42. The smallest absolute Gasteiger partial charge is 0.132 e. The molecule has 1 aromatic rings. The summed E-state index contributed by atoms with van der Waals surface area (Å²) in [5.41, 5.74) is 0. The van der Waals surface area contributed by atoms with Gasteiger partial charge in [-0.15, -0.1) is 0 Å². The molecule has 4 heteroatoms. The molecule has 0 amide bonds. The van der Waals surface area contributed by atoms with Crippen molar-refractivity contribution in [2.45, 2.75) is 13.5 Å². The predicted molar refractivity (Wildman–Crippen MR) is 46.6 cm³/mol. The molecule has 1 rings (SSSR count). The molecular weight excluding hydrogens is 243 g/mol. The molecule has 0 aromatic carbocycles. The largest absolute Gasteiger partial charge is 0.374 e. The number of rotatable bonds is 3. The molecule has 0 aliphatic carbocycles. The van der Waals surface area contributed by atoms with Gasteiger partial charge in [-0.1, -0.05) is 0 Å². The molecule has 0 spiro atoms. The molecule has 56 valence electrons. The summed E-state index contributed by atoms with van der Waals surface area (Å²) in [6.45, 7) is 3.28. The van der Waals surface area contributed by atoms with Crippen molar-refractivity contribution in [3.63, 3.8) is 0 Å². The first kappa shape index (κ1) is 8.00. The summed E-state index contributed by atoms with van der Waals surface area (Å²) >= 11 is 2.18. The van der Waals surface area contributed by atoms with Crippen LogP contribution in [0.1, 0.15) is 12.7 Å². The van der Waals surface area contributed by atoms with Crippen LogP contribution in [0.2, 0.25) is 0 Å². The molecule has 0 radical (unpaired) electrons. The zero-order valence-electron chi connectivity index (χ0n) is 5.72. The van der Waals surface area contributed by atoms with E-state index in [1.165, 1.54) is 0 Å². The summed E-state index contributed by atoms with van der Waals surface area (Å²) in [4.78, 5) is 7.13. The number of H-pyrrole nitrogens is 1. The Hall–Kier alpha value is -0.100. The molecule has 3 nitrogen and oxygen atoms in total. The molecule has 0 aliphatic heterocycles. The van der Waals surface area contributed by atoms with E-state index in [1.54, 1.807) is 6.20 Å². The van der Waals surface area contributed by atoms with Crippen molar-refractivity contribution in [3.05, 3.63) is 15.7 Å². The van der Waals surface area contributed by atoms with Crippen LogP contribution in [-0.4, -0.2) is 16.6 Å². The van der Waals surface area contributed by atoms with Gasteiger partial charge >= 0.3 is 0 Å². The van der Waals surface area contributed by atoms with Crippen LogP contribution in [-0.2, 0) is 11.3 Å². The molecule has 0 bridgehead atoms. The van der Waals surface area contributed by atoms with Crippen LogP contribution in [0.3, 0.4) is 0 Å². The zero-order chi connectivity index (χ0) is 7.40. The van der Waals surface area contributed by atoms with Crippen LogP contribution < -0.4 is 0 Å². The van der Waals surface area contributed by atoms with Crippen LogP contribution in [0.25, 0.3) is 0 Å². The molecule has 0 fully saturated rings. The van der Waals surface area contributed by atoms with Crippen LogP contribution >= 0.6 is 22.6 Å². The molecule has 1 N–H and O–H groups in total. The van der Waals surface area contributed by atoms with Crippen molar-refractivity contribution >= 4 is 22.6 Å². The SMILES string of the molecule is CCOCc1ncc(I)[nH]1. The minimum Gasteiger partial charge on any atom is -0.374 e. The molecule has 0 saturated carbocycles. The van der Waals surface area contributed by atoms with Gasteiger partial charge in [-0.05, 0) is 29.5 Å². The summed E-state index contributed by atoms with van der Waals surface area (Å²) in [7, 11) is 0. The Kier molecular flexibility index (Phi) is 3.14. The fraction of sp³-hybridized carbons (Fsp3) is 0.500. The maximum atomic E-state index is 5.14. The maximum Gasteiger partial charge on any atom is 0.132 e. The number of hydrogen-bond acceptors (Lipinski definition) is 2. The second-order valence-electron chi connectivity index (χ2n) is 1.81. The van der Waals surface area contributed by atoms with E-state index in [4.69, 9.17) is 4.74 Å². The third-order valence-corrected chi connectivity index (χ3v) is 1.59. The summed E-state index contributed by atoms with van der Waals surface area (Å²) in [6.07, 6.45) is 1.79. The highest BCUT2D eigenvalue weighted by molar-refractivity contribution is 14.1. The first-order valence-electron chi connectivity index (χ1n) is 3.10. The number of aromatic nitrogens is 2. The third kappa shape index (κ3) is 2.26. The fourth-order valence-electron chi connectivity index (χ4n) is 0.609. The lowest BCUT2D eigenvalue weighted by Crippen LogP contribution is -1.93. The lowest BCUT2D eigenvalue weighted by molar-refractivity contribution is 0.129. The number of nitrogens with one attached hydrogen (secondary N) is 1. The molecule has 0 unspecified atom stereocenters. The molecule has 10 heavy (non-hydrogen) atoms. The summed E-state index contributed by atoms with van der Waals surface area (Å²) in [5, 5.41) is 0. The molecule has 1 heterocycles. The van der Waals surface area contributed by atoms with Crippen LogP contribution in [0, 0.1) is 3.70 Å². The van der Waals surface area contributed by atoms with Gasteiger partial charge in [0.1, 0.15) is 12.4 Å². The minimum atomic E-state index is 0.583. The lowest BCUT2D eigenvalue weighted by Gasteiger charge is -1.94. The molecular formula is C6H9IN2O. The van der Waals surface area contributed by atoms with Gasteiger partial charge in [-0.25, -0.2) is 4.98 Å². The fourth-order valence-corrected chi connectivity index (χ4v) is 1.06. The van der Waals surface area contributed by atoms with Gasteiger partial charge in [-0.2, -0.15) is 0 Å². The molecule has 0 aliphatic rings. The highest BCUT2D eigenvalue weighted by atomic mass is 127. The number of nitrogens with zero attached hydrogens (tertiary/aromatic N) is 1. The van der Waals surface area contributed by atoms with E-state index < -0.39 is 0 Å². The Morgan fingerprint density at radius 3 is 3.10 bits per heavy atom. The van der Waals surface area contributed by atoms with Gasteiger partial charge in [0.05, 0.1) is 9.90 Å². The monoisotopic (exact) mass is 252 g/mol. The zero-order valence-corrected chi connectivity index (χ0v) is 7.88. The quantitative estimate of drug-likeness (QED) is 0.829. The second-order valence-corrected chi connectivity index (χ2v) is 2.98. The highest BCUT2D eigenvalue weighted by Crippen LogP contribution is 2.00. The number of hydrogen-bond donors (Lipinski definition) is 1.